The van der Waals surface area contributed by atoms with Crippen LogP contribution in [0.15, 0.2) is 18.2 Å². The van der Waals surface area contributed by atoms with Crippen molar-refractivity contribution in [3.63, 3.8) is 0 Å². The maximum absolute atomic E-state index is 13.3. The number of rotatable bonds is 8. The molecule has 5 nitrogen and oxygen atoms in total. The Morgan fingerprint density at radius 3 is 2.89 bits per heavy atom. The molecule has 1 aromatic rings. The van der Waals surface area contributed by atoms with Crippen LogP contribution in [0, 0.1) is 15.9 Å². The molecule has 0 aliphatic carbocycles. The molecule has 0 amide bonds. The van der Waals surface area contributed by atoms with Gasteiger partial charge in [-0.1, -0.05) is 6.07 Å². The lowest BCUT2D eigenvalue weighted by molar-refractivity contribution is -0.386. The van der Waals surface area contributed by atoms with Crippen LogP contribution in [-0.2, 0) is 0 Å². The van der Waals surface area contributed by atoms with E-state index in [0.717, 1.165) is 24.0 Å². The van der Waals surface area contributed by atoms with E-state index in [1.807, 2.05) is 0 Å². The summed E-state index contributed by atoms with van der Waals surface area (Å²) in [5, 5.41) is 22.1. The highest BCUT2D eigenvalue weighted by Gasteiger charge is 2.18. The first-order valence-corrected chi connectivity index (χ1v) is 6.67. The first kappa shape index (κ1) is 14.7. The summed E-state index contributed by atoms with van der Waals surface area (Å²) in [5.41, 5.74) is -0.319. The molecule has 0 atom stereocenters. The Balaban J connectivity index is 2.47. The molecule has 0 fully saturated rings. The van der Waals surface area contributed by atoms with Gasteiger partial charge in [0.15, 0.2) is 0 Å². The summed E-state index contributed by atoms with van der Waals surface area (Å²) in [4.78, 5) is 9.98. The lowest BCUT2D eigenvalue weighted by Gasteiger charge is -2.07. The van der Waals surface area contributed by atoms with Crippen LogP contribution in [0.1, 0.15) is 6.42 Å². The number of hydrogen-bond acceptors (Lipinski definition) is 5. The molecule has 0 aliphatic rings. The van der Waals surface area contributed by atoms with Crippen molar-refractivity contribution in [2.45, 2.75) is 6.42 Å². The maximum Gasteiger partial charge on any atom is 0.327 e. The average molecular weight is 274 g/mol. The number of nitrogens with zero attached hydrogens (tertiary/aromatic N) is 1. The summed E-state index contributed by atoms with van der Waals surface area (Å²) < 4.78 is 13.3. The van der Waals surface area contributed by atoms with Gasteiger partial charge in [0.25, 0.3) is 0 Å². The van der Waals surface area contributed by atoms with Gasteiger partial charge in [-0.3, -0.25) is 10.1 Å². The van der Waals surface area contributed by atoms with E-state index in [1.54, 1.807) is 11.8 Å². The molecule has 0 bridgehead atoms. The van der Waals surface area contributed by atoms with Gasteiger partial charge in [0, 0.05) is 18.9 Å². The van der Waals surface area contributed by atoms with Crippen molar-refractivity contribution in [1.82, 2.24) is 0 Å². The Morgan fingerprint density at radius 2 is 2.22 bits per heavy atom. The minimum atomic E-state index is -0.835. The highest BCUT2D eigenvalue weighted by atomic mass is 32.2. The Bertz CT molecular complexity index is 404. The van der Waals surface area contributed by atoms with E-state index < -0.39 is 16.4 Å². The number of thioether (sulfide) groups is 1. The number of anilines is 1. The minimum Gasteiger partial charge on any atom is -0.396 e. The Morgan fingerprint density at radius 1 is 1.44 bits per heavy atom. The lowest BCUT2D eigenvalue weighted by Crippen LogP contribution is -2.07. The number of nitro groups is 1. The number of halogens is 1. The number of aliphatic hydroxyl groups is 1. The van der Waals surface area contributed by atoms with Gasteiger partial charge in [-0.15, -0.1) is 0 Å². The quantitative estimate of drug-likeness (QED) is 0.432. The fourth-order valence-electron chi connectivity index (χ4n) is 1.37. The molecule has 7 heteroatoms. The largest absolute Gasteiger partial charge is 0.396 e. The molecule has 1 rings (SSSR count). The smallest absolute Gasteiger partial charge is 0.327 e. The van der Waals surface area contributed by atoms with Crippen LogP contribution in [-0.4, -0.2) is 34.7 Å². The molecule has 0 heterocycles. The summed E-state index contributed by atoms with van der Waals surface area (Å²) in [6.07, 6.45) is 0.727. The van der Waals surface area contributed by atoms with Crippen LogP contribution in [0.5, 0.6) is 0 Å². The predicted octanol–water partition coefficient (Wildman–Crippen LogP) is 2.26. The van der Waals surface area contributed by atoms with Crippen molar-refractivity contribution < 1.29 is 14.4 Å². The first-order chi connectivity index (χ1) is 8.66. The molecular formula is C11H15FN2O3S. The third kappa shape index (κ3) is 4.50. The second-order valence-corrected chi connectivity index (χ2v) is 4.73. The summed E-state index contributed by atoms with van der Waals surface area (Å²) in [7, 11) is 0. The molecule has 0 aliphatic heterocycles. The van der Waals surface area contributed by atoms with E-state index >= 15 is 0 Å². The molecular weight excluding hydrogens is 259 g/mol. The van der Waals surface area contributed by atoms with Crippen LogP contribution in [0.3, 0.4) is 0 Å². The van der Waals surface area contributed by atoms with Crippen molar-refractivity contribution in [3.05, 3.63) is 34.1 Å². The van der Waals surface area contributed by atoms with Crippen LogP contribution >= 0.6 is 11.8 Å². The van der Waals surface area contributed by atoms with Crippen molar-refractivity contribution in [2.75, 3.05) is 30.0 Å². The number of benzene rings is 1. The summed E-state index contributed by atoms with van der Waals surface area (Å²) in [6, 6.07) is 3.99. The summed E-state index contributed by atoms with van der Waals surface area (Å²) in [6.45, 7) is 0.677. The molecule has 100 valence electrons. The molecule has 0 radical (unpaired) electrons. The molecule has 0 unspecified atom stereocenters. The SMILES string of the molecule is O=[N+]([O-])c1c(F)cccc1NCCSCCCO. The van der Waals surface area contributed by atoms with Gasteiger partial charge in [-0.2, -0.15) is 16.2 Å². The van der Waals surface area contributed by atoms with Crippen LogP contribution in [0.2, 0.25) is 0 Å². The number of nitrogens with one attached hydrogen (secondary N) is 1. The summed E-state index contributed by atoms with van der Waals surface area (Å²) in [5.74, 6) is 0.745. The normalized spacial score (nSPS) is 10.3. The zero-order valence-electron chi connectivity index (χ0n) is 9.76. The fourth-order valence-corrected chi connectivity index (χ4v) is 2.15. The first-order valence-electron chi connectivity index (χ1n) is 5.52. The number of nitro benzene ring substituents is 1. The average Bonchev–Trinajstić information content (AvgIpc) is 2.33. The predicted molar refractivity (Wildman–Crippen MR) is 70.6 cm³/mol. The van der Waals surface area contributed by atoms with E-state index in [-0.39, 0.29) is 12.3 Å². The molecule has 1 aromatic carbocycles. The van der Waals surface area contributed by atoms with Gasteiger partial charge in [0.1, 0.15) is 5.69 Å². The van der Waals surface area contributed by atoms with Gasteiger partial charge < -0.3 is 10.4 Å². The number of hydrogen-bond donors (Lipinski definition) is 2. The molecule has 0 spiro atoms. The molecule has 2 N–H and O–H groups in total. The van der Waals surface area contributed by atoms with Gasteiger partial charge >= 0.3 is 5.69 Å². The van der Waals surface area contributed by atoms with Crippen molar-refractivity contribution in [3.8, 4) is 0 Å². The highest BCUT2D eigenvalue weighted by Crippen LogP contribution is 2.26. The Kier molecular flexibility index (Phi) is 6.45. The van der Waals surface area contributed by atoms with Gasteiger partial charge in [-0.25, -0.2) is 0 Å². The van der Waals surface area contributed by atoms with Crippen LogP contribution in [0.4, 0.5) is 15.8 Å². The molecule has 0 saturated carbocycles. The second kappa shape index (κ2) is 7.88. The van der Waals surface area contributed by atoms with E-state index in [2.05, 4.69) is 5.32 Å². The maximum atomic E-state index is 13.3. The Labute approximate surface area is 109 Å². The zero-order valence-corrected chi connectivity index (χ0v) is 10.6. The topological polar surface area (TPSA) is 75.4 Å². The lowest BCUT2D eigenvalue weighted by atomic mass is 10.2. The third-order valence-electron chi connectivity index (χ3n) is 2.18. The van der Waals surface area contributed by atoms with Crippen molar-refractivity contribution in [2.24, 2.45) is 0 Å². The minimum absolute atomic E-state index is 0.162. The Hall–Kier alpha value is -1.34. The third-order valence-corrected chi connectivity index (χ3v) is 3.25. The number of aliphatic hydroxyl groups excluding tert-OH is 1. The number of para-hydroxylation sites is 1. The second-order valence-electron chi connectivity index (χ2n) is 3.51. The van der Waals surface area contributed by atoms with E-state index in [0.29, 0.717) is 6.54 Å². The van der Waals surface area contributed by atoms with E-state index in [1.165, 1.54) is 12.1 Å². The molecule has 0 aromatic heterocycles. The fraction of sp³-hybridized carbons (Fsp3) is 0.455. The summed E-state index contributed by atoms with van der Waals surface area (Å²) >= 11 is 1.63. The zero-order chi connectivity index (χ0) is 13.4. The van der Waals surface area contributed by atoms with Crippen molar-refractivity contribution in [1.29, 1.82) is 0 Å². The highest BCUT2D eigenvalue weighted by molar-refractivity contribution is 7.99. The van der Waals surface area contributed by atoms with E-state index in [9.17, 15) is 14.5 Å². The van der Waals surface area contributed by atoms with Gasteiger partial charge in [0.05, 0.1) is 4.92 Å². The van der Waals surface area contributed by atoms with E-state index in [4.69, 9.17) is 5.11 Å². The van der Waals surface area contributed by atoms with Crippen LogP contribution < -0.4 is 5.32 Å². The van der Waals surface area contributed by atoms with Gasteiger partial charge in [0.2, 0.25) is 5.82 Å². The van der Waals surface area contributed by atoms with Crippen LogP contribution in [0.25, 0.3) is 0 Å². The molecule has 0 saturated heterocycles. The van der Waals surface area contributed by atoms with Gasteiger partial charge in [-0.05, 0) is 24.3 Å². The van der Waals surface area contributed by atoms with Crippen molar-refractivity contribution >= 4 is 23.1 Å². The molecule has 18 heavy (non-hydrogen) atoms. The standard InChI is InChI=1S/C11H15FN2O3S/c12-9-3-1-4-10(11(9)14(16)17)13-5-8-18-7-2-6-15/h1,3-4,13,15H,2,5-8H2. The monoisotopic (exact) mass is 274 g/mol.